The minimum Gasteiger partial charge on any atom is -0.353 e. The van der Waals surface area contributed by atoms with E-state index in [2.05, 4.69) is 9.82 Å². The van der Waals surface area contributed by atoms with E-state index in [4.69, 9.17) is 16.1 Å². The van der Waals surface area contributed by atoms with Crippen LogP contribution in [0, 0.1) is 5.82 Å². The number of nitrogens with one attached hydrogen (secondary N) is 1. The number of ketones is 2. The predicted molar refractivity (Wildman–Crippen MR) is 91.7 cm³/mol. The Morgan fingerprint density at radius 1 is 1.04 bits per heavy atom. The highest BCUT2D eigenvalue weighted by Gasteiger charge is 2.50. The fourth-order valence-corrected chi connectivity index (χ4v) is 2.24. The van der Waals surface area contributed by atoms with Crippen molar-refractivity contribution in [1.29, 1.82) is 0 Å². The quantitative estimate of drug-likeness (QED) is 0.123. The van der Waals surface area contributed by atoms with Crippen LogP contribution in [0.1, 0.15) is 20.7 Å². The number of nitrogens with two attached hydrogens (primary N) is 1. The van der Waals surface area contributed by atoms with Crippen molar-refractivity contribution in [3.63, 3.8) is 0 Å². The third kappa shape index (κ3) is 4.35. The molecule has 0 aliphatic heterocycles. The maximum absolute atomic E-state index is 12.4. The molecule has 0 saturated heterocycles. The molecule has 0 bridgehead atoms. The van der Waals surface area contributed by atoms with Gasteiger partial charge in [-0.05, 0) is 36.2 Å². The Labute approximate surface area is 146 Å². The molecule has 0 atom stereocenters. The highest BCUT2D eigenvalue weighted by atomic mass is 32.2. The van der Waals surface area contributed by atoms with Gasteiger partial charge < -0.3 is 10.2 Å². The molecular formula is C16H14FN3O4S. The molecule has 1 aliphatic carbocycles. The molecular weight excluding hydrogens is 349 g/mol. The zero-order valence-electron chi connectivity index (χ0n) is 12.7. The van der Waals surface area contributed by atoms with Crippen LogP contribution in [0.25, 0.3) is 0 Å². The number of hydrazine groups is 1. The molecule has 2 aromatic carbocycles. The van der Waals surface area contributed by atoms with Gasteiger partial charge in [0.15, 0.2) is 0 Å². The Morgan fingerprint density at radius 3 is 2.04 bits per heavy atom. The maximum atomic E-state index is 12.4. The molecule has 3 rings (SSSR count). The van der Waals surface area contributed by atoms with Gasteiger partial charge in [0.25, 0.3) is 5.79 Å². The van der Waals surface area contributed by atoms with Gasteiger partial charge in [-0.3, -0.25) is 15.4 Å². The van der Waals surface area contributed by atoms with Gasteiger partial charge in [0.1, 0.15) is 5.82 Å². The molecule has 5 N–H and O–H groups in total. The number of aliphatic hydroxyl groups is 2. The lowest BCUT2D eigenvalue weighted by Crippen LogP contribution is -2.40. The number of nitrogens with zero attached hydrogens (tertiary/aromatic N) is 1. The second-order valence-corrected chi connectivity index (χ2v) is 5.50. The van der Waals surface area contributed by atoms with Crippen molar-refractivity contribution in [1.82, 2.24) is 4.83 Å². The molecule has 0 amide bonds. The zero-order valence-corrected chi connectivity index (χ0v) is 13.5. The maximum Gasteiger partial charge on any atom is 0.295 e. The molecule has 0 unspecified atom stereocenters. The standard InChI is InChI=1S/C9H6O4.C7H8FN3S/c10-7-5-3-1-2-4-6(5)8(11)9(7,12)13;8-6-1-3-7(4-2-6)10-5-12-11-9/h1-4,12-13H;1-5,11H,9H2. The predicted octanol–water partition coefficient (Wildman–Crippen LogP) is 1.34. The van der Waals surface area contributed by atoms with Crippen LogP contribution in [-0.2, 0) is 0 Å². The fourth-order valence-electron chi connectivity index (χ4n) is 2.00. The van der Waals surface area contributed by atoms with Gasteiger partial charge >= 0.3 is 0 Å². The minimum absolute atomic E-state index is 0.0671. The van der Waals surface area contributed by atoms with Crippen molar-refractivity contribution in [2.45, 2.75) is 5.79 Å². The summed E-state index contributed by atoms with van der Waals surface area (Å²) < 4.78 is 12.4. The SMILES string of the molecule is NNSC=Nc1ccc(F)cc1.O=C1c2ccccc2C(=O)C1(O)O. The summed E-state index contributed by atoms with van der Waals surface area (Å²) in [7, 11) is 0. The van der Waals surface area contributed by atoms with E-state index in [0.717, 1.165) is 11.9 Å². The van der Waals surface area contributed by atoms with Crippen LogP contribution in [0.15, 0.2) is 53.5 Å². The molecule has 7 nitrogen and oxygen atoms in total. The summed E-state index contributed by atoms with van der Waals surface area (Å²) in [5, 5.41) is 18.2. The first-order chi connectivity index (χ1) is 11.9. The number of fused-ring (bicyclic) bond motifs is 1. The Morgan fingerprint density at radius 2 is 1.56 bits per heavy atom. The molecule has 0 fully saturated rings. The van der Waals surface area contributed by atoms with Gasteiger partial charge in [0.05, 0.1) is 11.2 Å². The first-order valence-electron chi connectivity index (χ1n) is 6.90. The summed E-state index contributed by atoms with van der Waals surface area (Å²) in [5.74, 6) is -0.0459. The van der Waals surface area contributed by atoms with Crippen LogP contribution >= 0.6 is 11.9 Å². The molecule has 0 heterocycles. The molecule has 0 spiro atoms. The lowest BCUT2D eigenvalue weighted by Gasteiger charge is -2.08. The second kappa shape index (κ2) is 8.10. The van der Waals surface area contributed by atoms with E-state index in [1.54, 1.807) is 24.3 Å². The Kier molecular flexibility index (Phi) is 6.12. The molecule has 0 saturated carbocycles. The smallest absolute Gasteiger partial charge is 0.295 e. The Bertz CT molecular complexity index is 772. The number of rotatable bonds is 3. The summed E-state index contributed by atoms with van der Waals surface area (Å²) in [5.41, 5.74) is 2.36. The average Bonchev–Trinajstić information content (AvgIpc) is 2.79. The van der Waals surface area contributed by atoms with Crippen molar-refractivity contribution >= 4 is 34.7 Å². The molecule has 2 aromatic rings. The van der Waals surface area contributed by atoms with Gasteiger partial charge in [-0.2, -0.15) is 4.83 Å². The van der Waals surface area contributed by atoms with Gasteiger partial charge in [0, 0.05) is 11.1 Å². The minimum atomic E-state index is -2.86. The lowest BCUT2D eigenvalue weighted by atomic mass is 10.1. The van der Waals surface area contributed by atoms with Gasteiger partial charge in [0.2, 0.25) is 11.6 Å². The highest BCUT2D eigenvalue weighted by molar-refractivity contribution is 8.10. The van der Waals surface area contributed by atoms with E-state index in [1.165, 1.54) is 29.8 Å². The van der Waals surface area contributed by atoms with E-state index in [1.807, 2.05) is 0 Å². The monoisotopic (exact) mass is 363 g/mol. The fraction of sp³-hybridized carbons (Fsp3) is 0.0625. The molecule has 0 aromatic heterocycles. The van der Waals surface area contributed by atoms with Gasteiger partial charge in [-0.1, -0.05) is 24.3 Å². The van der Waals surface area contributed by atoms with Crippen LogP contribution in [-0.4, -0.2) is 33.1 Å². The van der Waals surface area contributed by atoms with Crippen molar-refractivity contribution in [2.24, 2.45) is 10.8 Å². The third-order valence-electron chi connectivity index (χ3n) is 3.20. The Hall–Kier alpha value is -2.43. The third-order valence-corrected chi connectivity index (χ3v) is 3.55. The summed E-state index contributed by atoms with van der Waals surface area (Å²) in [6.07, 6.45) is 0. The van der Waals surface area contributed by atoms with Crippen molar-refractivity contribution in [2.75, 3.05) is 0 Å². The topological polar surface area (TPSA) is 125 Å². The molecule has 0 radical (unpaired) electrons. The normalized spacial score (nSPS) is 15.0. The summed E-state index contributed by atoms with van der Waals surface area (Å²) in [4.78, 5) is 28.7. The average molecular weight is 363 g/mol. The van der Waals surface area contributed by atoms with Crippen LogP contribution in [0.4, 0.5) is 10.1 Å². The second-order valence-electron chi connectivity index (χ2n) is 4.82. The summed E-state index contributed by atoms with van der Waals surface area (Å²) in [6, 6.07) is 11.8. The largest absolute Gasteiger partial charge is 0.353 e. The van der Waals surface area contributed by atoms with Crippen molar-refractivity contribution < 1.29 is 24.2 Å². The van der Waals surface area contributed by atoms with E-state index in [9.17, 15) is 14.0 Å². The van der Waals surface area contributed by atoms with Crippen LogP contribution in [0.5, 0.6) is 0 Å². The molecule has 9 heteroatoms. The van der Waals surface area contributed by atoms with Crippen molar-refractivity contribution in [3.05, 3.63) is 65.5 Å². The number of hydrogen-bond acceptors (Lipinski definition) is 8. The van der Waals surface area contributed by atoms with Crippen LogP contribution < -0.4 is 10.7 Å². The molecule has 1 aliphatic rings. The van der Waals surface area contributed by atoms with E-state index < -0.39 is 17.4 Å². The van der Waals surface area contributed by atoms with Crippen LogP contribution in [0.3, 0.4) is 0 Å². The van der Waals surface area contributed by atoms with Crippen LogP contribution in [0.2, 0.25) is 0 Å². The first-order valence-corrected chi connectivity index (χ1v) is 7.78. The number of Topliss-reactive ketones (excluding diaryl/α,β-unsaturated/α-hetero) is 2. The Balaban J connectivity index is 0.000000181. The number of aliphatic imine (C=N–C) groups is 1. The summed E-state index contributed by atoms with van der Waals surface area (Å²) >= 11 is 1.15. The first kappa shape index (κ1) is 18.9. The number of hydrogen-bond donors (Lipinski definition) is 4. The number of halogens is 1. The number of carbonyl (C=O) groups excluding carboxylic acids is 2. The number of benzene rings is 2. The summed E-state index contributed by atoms with van der Waals surface area (Å²) in [6.45, 7) is 0. The van der Waals surface area contributed by atoms with Gasteiger partial charge in [-0.15, -0.1) is 0 Å². The van der Waals surface area contributed by atoms with E-state index >= 15 is 0 Å². The molecule has 130 valence electrons. The zero-order chi connectivity index (χ0) is 18.4. The highest BCUT2D eigenvalue weighted by Crippen LogP contribution is 2.27. The van der Waals surface area contributed by atoms with Crippen molar-refractivity contribution in [3.8, 4) is 0 Å². The molecule has 25 heavy (non-hydrogen) atoms. The van der Waals surface area contributed by atoms with E-state index in [-0.39, 0.29) is 16.9 Å². The number of carbonyl (C=O) groups is 2. The lowest BCUT2D eigenvalue weighted by molar-refractivity contribution is -0.0857. The van der Waals surface area contributed by atoms with Gasteiger partial charge in [-0.25, -0.2) is 9.38 Å². The van der Waals surface area contributed by atoms with E-state index in [0.29, 0.717) is 5.69 Å².